The van der Waals surface area contributed by atoms with Crippen LogP contribution in [0.4, 0.5) is 11.5 Å². The summed E-state index contributed by atoms with van der Waals surface area (Å²) in [5.74, 6) is -0.203. The summed E-state index contributed by atoms with van der Waals surface area (Å²) < 4.78 is 28.6. The van der Waals surface area contributed by atoms with Gasteiger partial charge in [0.1, 0.15) is 6.33 Å². The summed E-state index contributed by atoms with van der Waals surface area (Å²) in [7, 11) is -2.04. The van der Waals surface area contributed by atoms with E-state index in [0.717, 1.165) is 12.6 Å². The molecule has 1 rings (SSSR count). The number of methoxy groups -OCH3 is 1. The molecule has 0 aliphatic carbocycles. The molecule has 0 spiro atoms. The van der Waals surface area contributed by atoms with E-state index < -0.39 is 20.6 Å². The van der Waals surface area contributed by atoms with E-state index in [2.05, 4.69) is 20.0 Å². The zero-order valence-corrected chi connectivity index (χ0v) is 11.1. The molecule has 11 heteroatoms. The first-order valence-electron chi connectivity index (χ1n) is 5.07. The molecule has 0 bridgehead atoms. The molecule has 19 heavy (non-hydrogen) atoms. The number of nitrogens with one attached hydrogen (secondary N) is 2. The maximum absolute atomic E-state index is 10.9. The average molecular weight is 291 g/mol. The van der Waals surface area contributed by atoms with Gasteiger partial charge in [0.25, 0.3) is 5.88 Å². The molecule has 1 aromatic heterocycles. The van der Waals surface area contributed by atoms with E-state index >= 15 is 0 Å². The molecule has 0 unspecified atom stereocenters. The molecule has 0 amide bonds. The van der Waals surface area contributed by atoms with Crippen LogP contribution in [0.25, 0.3) is 0 Å². The number of ether oxygens (including phenoxy) is 1. The van der Waals surface area contributed by atoms with Crippen molar-refractivity contribution >= 4 is 21.5 Å². The van der Waals surface area contributed by atoms with Crippen molar-refractivity contribution in [1.29, 1.82) is 0 Å². The molecular weight excluding hydrogens is 278 g/mol. The summed E-state index contributed by atoms with van der Waals surface area (Å²) in [6.45, 7) is 0.205. The average Bonchev–Trinajstić information content (AvgIpc) is 2.32. The summed E-state index contributed by atoms with van der Waals surface area (Å²) >= 11 is 0. The maximum atomic E-state index is 10.9. The highest BCUT2D eigenvalue weighted by molar-refractivity contribution is 7.88. The Morgan fingerprint density at radius 3 is 2.63 bits per heavy atom. The van der Waals surface area contributed by atoms with Gasteiger partial charge in [-0.1, -0.05) is 0 Å². The quantitative estimate of drug-likeness (QED) is 0.384. The van der Waals surface area contributed by atoms with Crippen LogP contribution < -0.4 is 14.8 Å². The van der Waals surface area contributed by atoms with Crippen molar-refractivity contribution < 1.29 is 18.1 Å². The highest BCUT2D eigenvalue weighted by Gasteiger charge is 2.23. The molecule has 0 aliphatic rings. The number of nitro groups is 1. The third-order valence-electron chi connectivity index (χ3n) is 1.95. The van der Waals surface area contributed by atoms with Gasteiger partial charge in [-0.2, -0.15) is 4.98 Å². The Balaban J connectivity index is 2.76. The summed E-state index contributed by atoms with van der Waals surface area (Å²) in [6.07, 6.45) is 2.13. The van der Waals surface area contributed by atoms with Crippen molar-refractivity contribution in [2.24, 2.45) is 0 Å². The molecule has 0 aromatic carbocycles. The third-order valence-corrected chi connectivity index (χ3v) is 2.67. The topological polar surface area (TPSA) is 136 Å². The highest BCUT2D eigenvalue weighted by atomic mass is 32.2. The maximum Gasteiger partial charge on any atom is 0.372 e. The Morgan fingerprint density at radius 2 is 2.11 bits per heavy atom. The first-order valence-corrected chi connectivity index (χ1v) is 6.96. The lowest BCUT2D eigenvalue weighted by Gasteiger charge is -2.07. The van der Waals surface area contributed by atoms with Gasteiger partial charge in [0.2, 0.25) is 15.8 Å². The van der Waals surface area contributed by atoms with Gasteiger partial charge in [0, 0.05) is 13.1 Å². The zero-order valence-electron chi connectivity index (χ0n) is 10.3. The molecule has 0 saturated heterocycles. The minimum absolute atomic E-state index is 0.0350. The summed E-state index contributed by atoms with van der Waals surface area (Å²) in [5.41, 5.74) is -0.399. The molecule has 106 valence electrons. The highest BCUT2D eigenvalue weighted by Crippen LogP contribution is 2.29. The first-order chi connectivity index (χ1) is 8.85. The van der Waals surface area contributed by atoms with Crippen LogP contribution in [0.3, 0.4) is 0 Å². The second-order valence-electron chi connectivity index (χ2n) is 3.43. The van der Waals surface area contributed by atoms with Crippen LogP contribution in [0, 0.1) is 10.1 Å². The number of aromatic nitrogens is 2. The van der Waals surface area contributed by atoms with Crippen LogP contribution in [0.2, 0.25) is 0 Å². The van der Waals surface area contributed by atoms with Gasteiger partial charge >= 0.3 is 5.69 Å². The lowest BCUT2D eigenvalue weighted by atomic mass is 10.4. The van der Waals surface area contributed by atoms with E-state index in [1.165, 1.54) is 7.11 Å². The fourth-order valence-corrected chi connectivity index (χ4v) is 1.70. The fourth-order valence-electron chi connectivity index (χ4n) is 1.22. The summed E-state index contributed by atoms with van der Waals surface area (Å²) in [4.78, 5) is 17.6. The van der Waals surface area contributed by atoms with E-state index in [9.17, 15) is 18.5 Å². The Labute approximate surface area is 109 Å². The van der Waals surface area contributed by atoms with Crippen molar-refractivity contribution in [2.45, 2.75) is 0 Å². The molecule has 10 nitrogen and oxygen atoms in total. The second-order valence-corrected chi connectivity index (χ2v) is 5.26. The predicted octanol–water partition coefficient (Wildman–Crippen LogP) is -0.645. The summed E-state index contributed by atoms with van der Waals surface area (Å²) in [5, 5.41) is 13.5. The van der Waals surface area contributed by atoms with Gasteiger partial charge in [-0.3, -0.25) is 10.1 Å². The van der Waals surface area contributed by atoms with Crippen molar-refractivity contribution in [3.8, 4) is 5.88 Å². The number of rotatable bonds is 7. The number of sulfonamides is 1. The number of nitrogens with zero attached hydrogens (tertiary/aromatic N) is 3. The predicted molar refractivity (Wildman–Crippen MR) is 66.6 cm³/mol. The largest absolute Gasteiger partial charge is 0.476 e. The minimum Gasteiger partial charge on any atom is -0.476 e. The molecule has 1 aromatic rings. The Kier molecular flexibility index (Phi) is 4.94. The standard InChI is InChI=1S/C8H13N5O5S/c1-18-8-6(13(14)15)7(10-5-11-8)9-3-4-12-19(2,16)17/h5,12H,3-4H2,1-2H3,(H,9,10,11). The van der Waals surface area contributed by atoms with E-state index in [-0.39, 0.29) is 24.8 Å². The SMILES string of the molecule is COc1ncnc(NCCNS(C)(=O)=O)c1[N+](=O)[O-]. The fraction of sp³-hybridized carbons (Fsp3) is 0.500. The number of anilines is 1. The van der Waals surface area contributed by atoms with Gasteiger partial charge in [-0.05, 0) is 0 Å². The minimum atomic E-state index is -3.30. The van der Waals surface area contributed by atoms with Crippen LogP contribution >= 0.6 is 0 Å². The van der Waals surface area contributed by atoms with Gasteiger partial charge < -0.3 is 10.1 Å². The van der Waals surface area contributed by atoms with Crippen LogP contribution in [0.1, 0.15) is 0 Å². The Bertz CT molecular complexity index is 561. The normalized spacial score (nSPS) is 11.1. The molecule has 2 N–H and O–H groups in total. The molecule has 1 heterocycles. The molecule has 0 saturated carbocycles. The first kappa shape index (κ1) is 15.0. The van der Waals surface area contributed by atoms with E-state index in [0.29, 0.717) is 0 Å². The van der Waals surface area contributed by atoms with Crippen LogP contribution in [-0.4, -0.2) is 49.8 Å². The van der Waals surface area contributed by atoms with E-state index in [1.54, 1.807) is 0 Å². The number of hydrogen-bond donors (Lipinski definition) is 2. The molecule has 0 atom stereocenters. The van der Waals surface area contributed by atoms with Gasteiger partial charge in [0.15, 0.2) is 0 Å². The smallest absolute Gasteiger partial charge is 0.372 e. The van der Waals surface area contributed by atoms with E-state index in [4.69, 9.17) is 4.74 Å². The van der Waals surface area contributed by atoms with Gasteiger partial charge in [0.05, 0.1) is 18.3 Å². The Morgan fingerprint density at radius 1 is 1.42 bits per heavy atom. The van der Waals surface area contributed by atoms with Crippen LogP contribution in [0.5, 0.6) is 5.88 Å². The third kappa shape index (κ3) is 4.63. The van der Waals surface area contributed by atoms with Crippen molar-refractivity contribution in [3.05, 3.63) is 16.4 Å². The van der Waals surface area contributed by atoms with Crippen molar-refractivity contribution in [3.63, 3.8) is 0 Å². The van der Waals surface area contributed by atoms with Crippen molar-refractivity contribution in [1.82, 2.24) is 14.7 Å². The van der Waals surface area contributed by atoms with E-state index in [1.807, 2.05) is 0 Å². The lowest BCUT2D eigenvalue weighted by molar-refractivity contribution is -0.385. The van der Waals surface area contributed by atoms with Gasteiger partial charge in [-0.25, -0.2) is 18.1 Å². The molecule has 0 radical (unpaired) electrons. The molecule has 0 aliphatic heterocycles. The molecular formula is C8H13N5O5S. The monoisotopic (exact) mass is 291 g/mol. The van der Waals surface area contributed by atoms with Gasteiger partial charge in [-0.15, -0.1) is 0 Å². The molecule has 0 fully saturated rings. The second kappa shape index (κ2) is 6.24. The van der Waals surface area contributed by atoms with Crippen molar-refractivity contribution in [2.75, 3.05) is 31.8 Å². The van der Waals surface area contributed by atoms with Crippen LogP contribution in [0.15, 0.2) is 6.33 Å². The lowest BCUT2D eigenvalue weighted by Crippen LogP contribution is -2.28. The van der Waals surface area contributed by atoms with Crippen LogP contribution in [-0.2, 0) is 10.0 Å². The summed E-state index contributed by atoms with van der Waals surface area (Å²) in [6, 6.07) is 0. The Hall–Kier alpha value is -2.01. The number of hydrogen-bond acceptors (Lipinski definition) is 8. The zero-order chi connectivity index (χ0) is 14.5.